The molecule has 0 saturated carbocycles. The fourth-order valence-electron chi connectivity index (χ4n) is 3.37. The lowest BCUT2D eigenvalue weighted by molar-refractivity contribution is -0.124. The second-order valence-electron chi connectivity index (χ2n) is 8.15. The predicted molar refractivity (Wildman–Crippen MR) is 128 cm³/mol. The highest BCUT2D eigenvalue weighted by molar-refractivity contribution is 5.97. The molecule has 0 aromatic heterocycles. The van der Waals surface area contributed by atoms with Gasteiger partial charge in [-0.15, -0.1) is 0 Å². The summed E-state index contributed by atoms with van der Waals surface area (Å²) in [7, 11) is 1.56. The molecule has 2 N–H and O–H groups in total. The van der Waals surface area contributed by atoms with E-state index in [0.717, 1.165) is 11.1 Å². The third kappa shape index (κ3) is 6.57. The van der Waals surface area contributed by atoms with Gasteiger partial charge in [-0.1, -0.05) is 62.4 Å². The zero-order valence-corrected chi connectivity index (χ0v) is 19.5. The zero-order valence-electron chi connectivity index (χ0n) is 19.5. The van der Waals surface area contributed by atoms with Crippen molar-refractivity contribution in [1.29, 1.82) is 0 Å². The summed E-state index contributed by atoms with van der Waals surface area (Å²) >= 11 is 0. The van der Waals surface area contributed by atoms with Gasteiger partial charge in [0.1, 0.15) is 18.5 Å². The summed E-state index contributed by atoms with van der Waals surface area (Å²) in [6, 6.07) is 20.1. The van der Waals surface area contributed by atoms with Crippen molar-refractivity contribution in [3.63, 3.8) is 0 Å². The maximum Gasteiger partial charge on any atom is 0.254 e. The number of carbonyl (C=O) groups is 2. The first kappa shape index (κ1) is 24.8. The maximum absolute atomic E-state index is 13.9. The molecule has 1 unspecified atom stereocenters. The molecular formula is C27H29FN2O4. The molecule has 0 spiro atoms. The Labute approximate surface area is 199 Å². The van der Waals surface area contributed by atoms with E-state index in [2.05, 4.69) is 10.6 Å². The van der Waals surface area contributed by atoms with Gasteiger partial charge in [-0.05, 0) is 41.3 Å². The minimum absolute atomic E-state index is 0.100. The molecule has 2 amide bonds. The molecule has 0 bridgehead atoms. The number of amides is 2. The van der Waals surface area contributed by atoms with Crippen LogP contribution in [0.1, 0.15) is 35.3 Å². The molecule has 3 rings (SSSR count). The van der Waals surface area contributed by atoms with Gasteiger partial charge >= 0.3 is 0 Å². The number of benzene rings is 3. The lowest BCUT2D eigenvalue weighted by Gasteiger charge is -2.22. The predicted octanol–water partition coefficient (Wildman–Crippen LogP) is 4.48. The highest BCUT2D eigenvalue weighted by atomic mass is 19.1. The summed E-state index contributed by atoms with van der Waals surface area (Å²) in [5, 5.41) is 5.47. The Balaban J connectivity index is 1.61. The van der Waals surface area contributed by atoms with Crippen LogP contribution in [0, 0.1) is 11.7 Å². The standard InChI is InChI=1S/C27H29FN2O4/c1-18(2)25(30-26(31)21-11-7-8-12-22(21)28)27(32)29-16-20-13-14-23(24(15-20)33-3)34-17-19-9-5-4-6-10-19/h4-15,18,25H,16-17H2,1-3H3,(H,29,32)(H,30,31). The normalized spacial score (nSPS) is 11.6. The van der Waals surface area contributed by atoms with Crippen LogP contribution in [0.3, 0.4) is 0 Å². The Hall–Kier alpha value is -3.87. The Morgan fingerprint density at radius 1 is 0.912 bits per heavy atom. The first-order valence-corrected chi connectivity index (χ1v) is 11.1. The molecule has 0 radical (unpaired) electrons. The molecule has 3 aromatic rings. The van der Waals surface area contributed by atoms with E-state index in [9.17, 15) is 14.0 Å². The highest BCUT2D eigenvalue weighted by Gasteiger charge is 2.25. The number of halogens is 1. The van der Waals surface area contributed by atoms with Crippen LogP contribution in [0.25, 0.3) is 0 Å². The molecule has 0 aliphatic rings. The lowest BCUT2D eigenvalue weighted by atomic mass is 10.0. The van der Waals surface area contributed by atoms with Gasteiger partial charge in [-0.25, -0.2) is 4.39 Å². The minimum atomic E-state index is -0.817. The maximum atomic E-state index is 13.9. The number of hydrogen-bond donors (Lipinski definition) is 2. The number of ether oxygens (including phenoxy) is 2. The number of rotatable bonds is 10. The van der Waals surface area contributed by atoms with Gasteiger partial charge in [0.25, 0.3) is 5.91 Å². The summed E-state index contributed by atoms with van der Waals surface area (Å²) in [6.07, 6.45) is 0. The second-order valence-corrected chi connectivity index (χ2v) is 8.15. The van der Waals surface area contributed by atoms with E-state index in [1.165, 1.54) is 18.2 Å². The molecule has 34 heavy (non-hydrogen) atoms. The molecule has 0 heterocycles. The largest absolute Gasteiger partial charge is 0.493 e. The van der Waals surface area contributed by atoms with E-state index in [-0.39, 0.29) is 23.9 Å². The van der Waals surface area contributed by atoms with E-state index >= 15 is 0 Å². The van der Waals surface area contributed by atoms with Gasteiger partial charge in [-0.2, -0.15) is 0 Å². The number of methoxy groups -OCH3 is 1. The summed E-state index contributed by atoms with van der Waals surface area (Å²) in [6.45, 7) is 4.26. The molecule has 0 aliphatic carbocycles. The highest BCUT2D eigenvalue weighted by Crippen LogP contribution is 2.29. The van der Waals surface area contributed by atoms with Gasteiger partial charge in [-0.3, -0.25) is 9.59 Å². The van der Waals surface area contributed by atoms with E-state index < -0.39 is 17.8 Å². The van der Waals surface area contributed by atoms with Crippen LogP contribution >= 0.6 is 0 Å². The molecule has 178 valence electrons. The minimum Gasteiger partial charge on any atom is -0.493 e. The number of hydrogen-bond acceptors (Lipinski definition) is 4. The van der Waals surface area contributed by atoms with Crippen LogP contribution in [0.15, 0.2) is 72.8 Å². The molecule has 0 aliphatic heterocycles. The van der Waals surface area contributed by atoms with E-state index in [4.69, 9.17) is 9.47 Å². The first-order chi connectivity index (χ1) is 16.4. The van der Waals surface area contributed by atoms with Crippen molar-refractivity contribution in [2.45, 2.75) is 33.0 Å². The first-order valence-electron chi connectivity index (χ1n) is 11.1. The third-order valence-electron chi connectivity index (χ3n) is 5.29. The van der Waals surface area contributed by atoms with Gasteiger partial charge in [0.2, 0.25) is 5.91 Å². The van der Waals surface area contributed by atoms with E-state index in [1.54, 1.807) is 25.3 Å². The van der Waals surface area contributed by atoms with Crippen LogP contribution in [0.4, 0.5) is 4.39 Å². The SMILES string of the molecule is COc1cc(CNC(=O)C(NC(=O)c2ccccc2F)C(C)C)ccc1OCc1ccccc1. The Morgan fingerprint density at radius 2 is 1.62 bits per heavy atom. The van der Waals surface area contributed by atoms with Gasteiger partial charge in [0.05, 0.1) is 12.7 Å². The summed E-state index contributed by atoms with van der Waals surface area (Å²) < 4.78 is 25.3. The smallest absolute Gasteiger partial charge is 0.254 e. The van der Waals surface area contributed by atoms with Gasteiger partial charge in [0.15, 0.2) is 11.5 Å². The summed E-state index contributed by atoms with van der Waals surface area (Å²) in [5.74, 6) is -0.671. The molecular weight excluding hydrogens is 435 g/mol. The van der Waals surface area contributed by atoms with Crippen LogP contribution in [-0.4, -0.2) is 25.0 Å². The molecule has 3 aromatic carbocycles. The van der Waals surface area contributed by atoms with Crippen molar-refractivity contribution in [2.24, 2.45) is 5.92 Å². The molecule has 0 saturated heterocycles. The topological polar surface area (TPSA) is 76.7 Å². The Morgan fingerprint density at radius 3 is 2.29 bits per heavy atom. The van der Waals surface area contributed by atoms with Crippen molar-refractivity contribution >= 4 is 11.8 Å². The Kier molecular flexibility index (Phi) is 8.62. The fraction of sp³-hybridized carbons (Fsp3) is 0.259. The van der Waals surface area contributed by atoms with E-state index in [0.29, 0.717) is 18.1 Å². The third-order valence-corrected chi connectivity index (χ3v) is 5.29. The van der Waals surface area contributed by atoms with Gasteiger partial charge < -0.3 is 20.1 Å². The van der Waals surface area contributed by atoms with Crippen molar-refractivity contribution in [2.75, 3.05) is 7.11 Å². The van der Waals surface area contributed by atoms with Crippen LogP contribution in [-0.2, 0) is 17.9 Å². The quantitative estimate of drug-likeness (QED) is 0.464. The average molecular weight is 465 g/mol. The Bertz CT molecular complexity index is 1120. The van der Waals surface area contributed by atoms with Crippen molar-refractivity contribution in [1.82, 2.24) is 10.6 Å². The average Bonchev–Trinajstić information content (AvgIpc) is 2.85. The fourth-order valence-corrected chi connectivity index (χ4v) is 3.37. The second kappa shape index (κ2) is 11.8. The van der Waals surface area contributed by atoms with Gasteiger partial charge in [0, 0.05) is 6.54 Å². The summed E-state index contributed by atoms with van der Waals surface area (Å²) in [5.41, 5.74) is 1.75. The van der Waals surface area contributed by atoms with E-state index in [1.807, 2.05) is 50.2 Å². The number of carbonyl (C=O) groups excluding carboxylic acids is 2. The van der Waals surface area contributed by atoms with Crippen molar-refractivity contribution in [3.8, 4) is 11.5 Å². The summed E-state index contributed by atoms with van der Waals surface area (Å²) in [4.78, 5) is 25.3. The zero-order chi connectivity index (χ0) is 24.5. The van der Waals surface area contributed by atoms with Crippen molar-refractivity contribution in [3.05, 3.63) is 95.3 Å². The monoisotopic (exact) mass is 464 g/mol. The van der Waals surface area contributed by atoms with Crippen LogP contribution < -0.4 is 20.1 Å². The van der Waals surface area contributed by atoms with Crippen molar-refractivity contribution < 1.29 is 23.5 Å². The van der Waals surface area contributed by atoms with Crippen LogP contribution in [0.5, 0.6) is 11.5 Å². The molecule has 7 heteroatoms. The molecule has 0 fully saturated rings. The lowest BCUT2D eigenvalue weighted by Crippen LogP contribution is -2.49. The number of nitrogens with one attached hydrogen (secondary N) is 2. The molecule has 6 nitrogen and oxygen atoms in total. The molecule has 1 atom stereocenters. The van der Waals surface area contributed by atoms with Crippen LogP contribution in [0.2, 0.25) is 0 Å².